The maximum atomic E-state index is 12.1. The molecule has 0 aromatic rings. The summed E-state index contributed by atoms with van der Waals surface area (Å²) >= 11 is 0. The molecule has 0 spiro atoms. The van der Waals surface area contributed by atoms with E-state index in [0.29, 0.717) is 24.9 Å². The molecule has 20 heavy (non-hydrogen) atoms. The van der Waals surface area contributed by atoms with Crippen molar-refractivity contribution in [3.63, 3.8) is 0 Å². The number of carbonyl (C=O) groups excluding carboxylic acids is 1. The van der Waals surface area contributed by atoms with E-state index in [9.17, 15) is 9.59 Å². The number of carboxylic acids is 1. The van der Waals surface area contributed by atoms with Crippen molar-refractivity contribution in [1.29, 1.82) is 0 Å². The van der Waals surface area contributed by atoms with E-state index < -0.39 is 12.0 Å². The van der Waals surface area contributed by atoms with Gasteiger partial charge in [-0.05, 0) is 30.6 Å². The first-order valence-corrected chi connectivity index (χ1v) is 7.55. The van der Waals surface area contributed by atoms with Crippen LogP contribution in [0.1, 0.15) is 53.4 Å². The Morgan fingerprint density at radius 3 is 2.25 bits per heavy atom. The number of nitrogens with zero attached hydrogens (tertiary/aromatic N) is 1. The molecule has 2 amide bonds. The summed E-state index contributed by atoms with van der Waals surface area (Å²) in [7, 11) is 0. The van der Waals surface area contributed by atoms with Gasteiger partial charge in [-0.1, -0.05) is 34.1 Å². The van der Waals surface area contributed by atoms with Crippen LogP contribution in [0.3, 0.4) is 0 Å². The Labute approximate surface area is 121 Å². The highest BCUT2D eigenvalue weighted by Crippen LogP contribution is 2.33. The third-order valence-corrected chi connectivity index (χ3v) is 4.41. The summed E-state index contributed by atoms with van der Waals surface area (Å²) in [6.07, 6.45) is 3.55. The molecule has 116 valence electrons. The van der Waals surface area contributed by atoms with E-state index in [1.54, 1.807) is 4.90 Å². The van der Waals surface area contributed by atoms with Crippen molar-refractivity contribution in [2.45, 2.75) is 59.4 Å². The number of amides is 2. The lowest BCUT2D eigenvalue weighted by atomic mass is 9.78. The van der Waals surface area contributed by atoms with Gasteiger partial charge in [0.15, 0.2) is 0 Å². The van der Waals surface area contributed by atoms with Crippen molar-refractivity contribution >= 4 is 12.0 Å². The number of aliphatic carboxylic acids is 1. The molecule has 2 N–H and O–H groups in total. The predicted octanol–water partition coefficient (Wildman–Crippen LogP) is 2.71. The van der Waals surface area contributed by atoms with E-state index >= 15 is 0 Å². The number of piperidine rings is 1. The lowest BCUT2D eigenvalue weighted by molar-refractivity contribution is -0.139. The zero-order valence-corrected chi connectivity index (χ0v) is 13.1. The topological polar surface area (TPSA) is 69.6 Å². The minimum absolute atomic E-state index is 0.237. The van der Waals surface area contributed by atoms with E-state index in [1.165, 1.54) is 0 Å². The SMILES string of the molecule is CCC1(C)CCN(C(=O)NC(CC(C)C)C(=O)O)CC1. The fourth-order valence-electron chi connectivity index (χ4n) is 2.54. The second-order valence-corrected chi connectivity index (χ2v) is 6.62. The molecule has 0 radical (unpaired) electrons. The first-order valence-electron chi connectivity index (χ1n) is 7.55. The van der Waals surface area contributed by atoms with Crippen LogP contribution < -0.4 is 5.32 Å². The largest absolute Gasteiger partial charge is 0.480 e. The van der Waals surface area contributed by atoms with Crippen LogP contribution >= 0.6 is 0 Å². The Hall–Kier alpha value is -1.26. The van der Waals surface area contributed by atoms with Gasteiger partial charge in [-0.3, -0.25) is 0 Å². The summed E-state index contributed by atoms with van der Waals surface area (Å²) in [5.74, 6) is -0.719. The zero-order chi connectivity index (χ0) is 15.3. The number of carboxylic acid groups (broad SMARTS) is 1. The summed E-state index contributed by atoms with van der Waals surface area (Å²) in [4.78, 5) is 25.1. The molecular weight excluding hydrogens is 256 g/mol. The number of hydrogen-bond acceptors (Lipinski definition) is 2. The number of hydrogen-bond donors (Lipinski definition) is 2. The maximum Gasteiger partial charge on any atom is 0.326 e. The molecule has 5 heteroatoms. The van der Waals surface area contributed by atoms with Gasteiger partial charge in [0.25, 0.3) is 0 Å². The number of carbonyl (C=O) groups is 2. The van der Waals surface area contributed by atoms with Gasteiger partial charge in [-0.2, -0.15) is 0 Å². The molecular formula is C15H28N2O3. The van der Waals surface area contributed by atoms with Gasteiger partial charge in [0.1, 0.15) is 6.04 Å². The van der Waals surface area contributed by atoms with Gasteiger partial charge in [0, 0.05) is 13.1 Å². The van der Waals surface area contributed by atoms with Gasteiger partial charge in [0.2, 0.25) is 0 Å². The fourth-order valence-corrected chi connectivity index (χ4v) is 2.54. The summed E-state index contributed by atoms with van der Waals surface area (Å²) in [6, 6.07) is -1.03. The lowest BCUT2D eigenvalue weighted by Crippen LogP contribution is -2.51. The Kier molecular flexibility index (Phi) is 5.84. The summed E-state index contributed by atoms with van der Waals surface area (Å²) in [6.45, 7) is 9.76. The normalized spacial score (nSPS) is 19.8. The molecule has 0 aromatic carbocycles. The van der Waals surface area contributed by atoms with Crippen LogP contribution in [0.2, 0.25) is 0 Å². The summed E-state index contributed by atoms with van der Waals surface area (Å²) < 4.78 is 0. The van der Waals surface area contributed by atoms with E-state index in [4.69, 9.17) is 5.11 Å². The molecule has 1 atom stereocenters. The van der Waals surface area contributed by atoms with Crippen LogP contribution in [0.4, 0.5) is 4.79 Å². The van der Waals surface area contributed by atoms with Crippen LogP contribution in [0.15, 0.2) is 0 Å². The van der Waals surface area contributed by atoms with Crippen LogP contribution in [0.5, 0.6) is 0 Å². The first-order chi connectivity index (χ1) is 9.27. The monoisotopic (exact) mass is 284 g/mol. The van der Waals surface area contributed by atoms with Crippen molar-refractivity contribution in [3.8, 4) is 0 Å². The van der Waals surface area contributed by atoms with Crippen molar-refractivity contribution in [3.05, 3.63) is 0 Å². The first kappa shape index (κ1) is 16.8. The van der Waals surface area contributed by atoms with Crippen molar-refractivity contribution < 1.29 is 14.7 Å². The molecule has 1 heterocycles. The van der Waals surface area contributed by atoms with Crippen molar-refractivity contribution in [2.75, 3.05) is 13.1 Å². The lowest BCUT2D eigenvalue weighted by Gasteiger charge is -2.39. The molecule has 0 aliphatic carbocycles. The molecule has 0 saturated carbocycles. The Bertz CT molecular complexity index is 347. The summed E-state index contributed by atoms with van der Waals surface area (Å²) in [5.41, 5.74) is 0.320. The number of nitrogens with one attached hydrogen (secondary N) is 1. The van der Waals surface area contributed by atoms with Crippen LogP contribution in [0.25, 0.3) is 0 Å². The molecule has 0 bridgehead atoms. The molecule has 0 aromatic heterocycles. The molecule has 5 nitrogen and oxygen atoms in total. The fraction of sp³-hybridized carbons (Fsp3) is 0.867. The zero-order valence-electron chi connectivity index (χ0n) is 13.1. The minimum Gasteiger partial charge on any atom is -0.480 e. The maximum absolute atomic E-state index is 12.1. The third-order valence-electron chi connectivity index (χ3n) is 4.41. The smallest absolute Gasteiger partial charge is 0.326 e. The minimum atomic E-state index is -0.956. The average molecular weight is 284 g/mol. The highest BCUT2D eigenvalue weighted by atomic mass is 16.4. The number of rotatable bonds is 5. The van der Waals surface area contributed by atoms with Gasteiger partial charge >= 0.3 is 12.0 Å². The van der Waals surface area contributed by atoms with Crippen LogP contribution in [-0.2, 0) is 4.79 Å². The Morgan fingerprint density at radius 2 is 1.85 bits per heavy atom. The van der Waals surface area contributed by atoms with E-state index in [0.717, 1.165) is 19.3 Å². The second kappa shape index (κ2) is 6.95. The van der Waals surface area contributed by atoms with Gasteiger partial charge in [0.05, 0.1) is 0 Å². The molecule has 1 aliphatic rings. The highest BCUT2D eigenvalue weighted by Gasteiger charge is 2.31. The predicted molar refractivity (Wildman–Crippen MR) is 78.6 cm³/mol. The second-order valence-electron chi connectivity index (χ2n) is 6.62. The average Bonchev–Trinajstić information content (AvgIpc) is 2.38. The Morgan fingerprint density at radius 1 is 1.30 bits per heavy atom. The molecule has 1 saturated heterocycles. The molecule has 1 rings (SSSR count). The van der Waals surface area contributed by atoms with Gasteiger partial charge in [-0.15, -0.1) is 0 Å². The Balaban J connectivity index is 2.52. The van der Waals surface area contributed by atoms with Crippen LogP contribution in [0, 0.1) is 11.3 Å². The standard InChI is InChI=1S/C15H28N2O3/c1-5-15(4)6-8-17(9-7-15)14(20)16-12(13(18)19)10-11(2)3/h11-12H,5-10H2,1-4H3,(H,16,20)(H,18,19). The van der Waals surface area contributed by atoms with E-state index in [1.807, 2.05) is 13.8 Å². The van der Waals surface area contributed by atoms with Gasteiger partial charge < -0.3 is 15.3 Å². The number of urea groups is 1. The van der Waals surface area contributed by atoms with E-state index in [2.05, 4.69) is 19.2 Å². The quantitative estimate of drug-likeness (QED) is 0.815. The van der Waals surface area contributed by atoms with Crippen molar-refractivity contribution in [1.82, 2.24) is 10.2 Å². The third kappa shape index (κ3) is 4.69. The van der Waals surface area contributed by atoms with Crippen LogP contribution in [-0.4, -0.2) is 41.1 Å². The van der Waals surface area contributed by atoms with Crippen molar-refractivity contribution in [2.24, 2.45) is 11.3 Å². The van der Waals surface area contributed by atoms with Gasteiger partial charge in [-0.25, -0.2) is 9.59 Å². The molecule has 1 unspecified atom stereocenters. The molecule has 1 aliphatic heterocycles. The highest BCUT2D eigenvalue weighted by molar-refractivity contribution is 5.82. The molecule has 1 fully saturated rings. The summed E-state index contributed by atoms with van der Waals surface area (Å²) in [5, 5.41) is 11.8. The number of likely N-dealkylation sites (tertiary alicyclic amines) is 1. The van der Waals surface area contributed by atoms with E-state index in [-0.39, 0.29) is 11.9 Å².